The number of fused-ring (bicyclic) bond motifs is 1. The van der Waals surface area contributed by atoms with E-state index in [4.69, 9.17) is 5.73 Å². The summed E-state index contributed by atoms with van der Waals surface area (Å²) in [6, 6.07) is 1.25. The topological polar surface area (TPSA) is 87.9 Å². The molecule has 0 saturated carbocycles. The maximum absolute atomic E-state index is 10.9. The highest BCUT2D eigenvalue weighted by molar-refractivity contribution is 5.98. The molecule has 14 heavy (non-hydrogen) atoms. The van der Waals surface area contributed by atoms with Crippen LogP contribution in [0.25, 0.3) is 11.0 Å². The van der Waals surface area contributed by atoms with Crippen LogP contribution in [-0.4, -0.2) is 28.0 Å². The average molecular weight is 191 g/mol. The van der Waals surface area contributed by atoms with Crippen molar-refractivity contribution in [3.8, 4) is 0 Å². The van der Waals surface area contributed by atoms with Crippen molar-refractivity contribution in [2.45, 2.75) is 0 Å². The summed E-state index contributed by atoms with van der Waals surface area (Å²) in [4.78, 5) is 23.1. The van der Waals surface area contributed by atoms with Crippen LogP contribution in [0.4, 0.5) is 10.6 Å². The van der Waals surface area contributed by atoms with Crippen molar-refractivity contribution in [3.63, 3.8) is 0 Å². The van der Waals surface area contributed by atoms with Gasteiger partial charge in [0.25, 0.3) is 0 Å². The smallest absolute Gasteiger partial charge is 0.320 e. The van der Waals surface area contributed by atoms with Gasteiger partial charge >= 0.3 is 6.03 Å². The molecule has 0 aliphatic carbocycles. The van der Waals surface area contributed by atoms with Crippen molar-refractivity contribution in [2.75, 3.05) is 11.9 Å². The van der Waals surface area contributed by atoms with Crippen molar-refractivity contribution < 1.29 is 4.79 Å². The Labute approximate surface area is 79.8 Å². The molecular weight excluding hydrogens is 182 g/mol. The highest BCUT2D eigenvalue weighted by Gasteiger charge is 2.12. The van der Waals surface area contributed by atoms with E-state index in [1.165, 1.54) is 11.2 Å². The lowest BCUT2D eigenvalue weighted by Crippen LogP contribution is -2.32. The predicted molar refractivity (Wildman–Crippen MR) is 51.9 cm³/mol. The molecule has 2 amide bonds. The molecule has 0 saturated heterocycles. The van der Waals surface area contributed by atoms with Crippen molar-refractivity contribution >= 4 is 22.9 Å². The first kappa shape index (κ1) is 8.49. The van der Waals surface area contributed by atoms with E-state index in [9.17, 15) is 4.79 Å². The molecule has 2 aromatic heterocycles. The highest BCUT2D eigenvalue weighted by atomic mass is 16.2. The van der Waals surface area contributed by atoms with Gasteiger partial charge in [0.1, 0.15) is 17.8 Å². The zero-order chi connectivity index (χ0) is 10.1. The SMILES string of the molecule is CN(C(N)=O)c1ncnc2[nH]ccc12. The number of urea groups is 1. The number of aromatic nitrogens is 3. The van der Waals surface area contributed by atoms with Gasteiger partial charge in [-0.3, -0.25) is 4.90 Å². The second kappa shape index (κ2) is 2.99. The summed E-state index contributed by atoms with van der Waals surface area (Å²) >= 11 is 0. The Hall–Kier alpha value is -2.11. The van der Waals surface area contributed by atoms with Crippen molar-refractivity contribution in [1.82, 2.24) is 15.0 Å². The minimum Gasteiger partial charge on any atom is -0.351 e. The minimum absolute atomic E-state index is 0.503. The summed E-state index contributed by atoms with van der Waals surface area (Å²) in [6.45, 7) is 0. The minimum atomic E-state index is -0.550. The molecule has 6 nitrogen and oxygen atoms in total. The number of hydrogen-bond acceptors (Lipinski definition) is 3. The number of rotatable bonds is 1. The fourth-order valence-corrected chi connectivity index (χ4v) is 1.23. The number of H-pyrrole nitrogens is 1. The Balaban J connectivity index is 2.61. The molecule has 0 bridgehead atoms. The lowest BCUT2D eigenvalue weighted by Gasteiger charge is -2.12. The van der Waals surface area contributed by atoms with Crippen molar-refractivity contribution in [1.29, 1.82) is 0 Å². The first-order valence-electron chi connectivity index (χ1n) is 4.01. The number of anilines is 1. The molecule has 0 atom stereocenters. The van der Waals surface area contributed by atoms with Gasteiger partial charge in [-0.05, 0) is 6.07 Å². The van der Waals surface area contributed by atoms with Gasteiger partial charge < -0.3 is 10.7 Å². The van der Waals surface area contributed by atoms with Gasteiger partial charge in [-0.25, -0.2) is 14.8 Å². The lowest BCUT2D eigenvalue weighted by molar-refractivity contribution is 0.255. The molecule has 2 heterocycles. The Kier molecular flexibility index (Phi) is 1.81. The van der Waals surface area contributed by atoms with E-state index in [0.717, 1.165) is 5.39 Å². The zero-order valence-electron chi connectivity index (χ0n) is 7.56. The maximum atomic E-state index is 10.9. The molecule has 0 aliphatic rings. The number of nitrogens with zero attached hydrogens (tertiary/aromatic N) is 3. The summed E-state index contributed by atoms with van der Waals surface area (Å²) in [6.07, 6.45) is 3.12. The number of primary amides is 1. The molecule has 0 fully saturated rings. The first-order valence-corrected chi connectivity index (χ1v) is 4.01. The third-order valence-electron chi connectivity index (χ3n) is 1.98. The van der Waals surface area contributed by atoms with Crippen LogP contribution in [0.15, 0.2) is 18.6 Å². The summed E-state index contributed by atoms with van der Waals surface area (Å²) in [5.74, 6) is 0.503. The second-order valence-corrected chi connectivity index (χ2v) is 2.83. The van der Waals surface area contributed by atoms with Gasteiger partial charge in [0.05, 0.1) is 5.39 Å². The van der Waals surface area contributed by atoms with Crippen molar-refractivity contribution in [2.24, 2.45) is 5.73 Å². The molecule has 72 valence electrons. The monoisotopic (exact) mass is 191 g/mol. The number of hydrogen-bond donors (Lipinski definition) is 2. The first-order chi connectivity index (χ1) is 6.70. The highest BCUT2D eigenvalue weighted by Crippen LogP contribution is 2.20. The lowest BCUT2D eigenvalue weighted by atomic mass is 10.3. The van der Waals surface area contributed by atoms with Gasteiger partial charge in [0.2, 0.25) is 0 Å². The molecule has 6 heteroatoms. The number of carbonyl (C=O) groups is 1. The molecule has 2 rings (SSSR count). The number of aromatic amines is 1. The van der Waals surface area contributed by atoms with Gasteiger partial charge in [0.15, 0.2) is 0 Å². The summed E-state index contributed by atoms with van der Waals surface area (Å²) in [5, 5.41) is 0.772. The Morgan fingerprint density at radius 2 is 2.36 bits per heavy atom. The summed E-state index contributed by atoms with van der Waals surface area (Å²) < 4.78 is 0. The van der Waals surface area contributed by atoms with Crippen LogP contribution in [0.3, 0.4) is 0 Å². The zero-order valence-corrected chi connectivity index (χ0v) is 7.56. The Bertz CT molecular complexity index is 477. The van der Waals surface area contributed by atoms with Crippen LogP contribution in [0.2, 0.25) is 0 Å². The molecule has 0 spiro atoms. The fourth-order valence-electron chi connectivity index (χ4n) is 1.23. The van der Waals surface area contributed by atoms with E-state index in [1.807, 2.05) is 0 Å². The number of amides is 2. The summed E-state index contributed by atoms with van der Waals surface area (Å²) in [5.41, 5.74) is 5.83. The van der Waals surface area contributed by atoms with Crippen LogP contribution in [0.5, 0.6) is 0 Å². The van der Waals surface area contributed by atoms with Crippen LogP contribution >= 0.6 is 0 Å². The quantitative estimate of drug-likeness (QED) is 0.686. The Morgan fingerprint density at radius 1 is 1.57 bits per heavy atom. The van der Waals surface area contributed by atoms with Crippen molar-refractivity contribution in [3.05, 3.63) is 18.6 Å². The van der Waals surface area contributed by atoms with Gasteiger partial charge in [-0.15, -0.1) is 0 Å². The van der Waals surface area contributed by atoms with Gasteiger partial charge in [0, 0.05) is 13.2 Å². The largest absolute Gasteiger partial charge is 0.351 e. The van der Waals surface area contributed by atoms with Gasteiger partial charge in [-0.1, -0.05) is 0 Å². The van der Waals surface area contributed by atoms with Crippen LogP contribution in [0, 0.1) is 0 Å². The molecule has 0 radical (unpaired) electrons. The van der Waals surface area contributed by atoms with E-state index in [2.05, 4.69) is 15.0 Å². The maximum Gasteiger partial charge on any atom is 0.320 e. The van der Waals surface area contributed by atoms with E-state index in [0.29, 0.717) is 11.5 Å². The normalized spacial score (nSPS) is 10.4. The van der Waals surface area contributed by atoms with E-state index < -0.39 is 6.03 Å². The number of nitrogens with two attached hydrogens (primary N) is 1. The van der Waals surface area contributed by atoms with Crippen LogP contribution < -0.4 is 10.6 Å². The molecule has 2 aromatic rings. The fraction of sp³-hybridized carbons (Fsp3) is 0.125. The van der Waals surface area contributed by atoms with Gasteiger partial charge in [-0.2, -0.15) is 0 Å². The average Bonchev–Trinajstić information content (AvgIpc) is 2.63. The Morgan fingerprint density at radius 3 is 3.07 bits per heavy atom. The molecule has 0 aliphatic heterocycles. The number of nitrogens with one attached hydrogen (secondary N) is 1. The molecule has 0 aromatic carbocycles. The van der Waals surface area contributed by atoms with E-state index >= 15 is 0 Å². The van der Waals surface area contributed by atoms with Crippen LogP contribution in [0.1, 0.15) is 0 Å². The third kappa shape index (κ3) is 1.17. The third-order valence-corrected chi connectivity index (χ3v) is 1.98. The second-order valence-electron chi connectivity index (χ2n) is 2.83. The van der Waals surface area contributed by atoms with E-state index in [-0.39, 0.29) is 0 Å². The molecular formula is C8H9N5O. The predicted octanol–water partition coefficient (Wildman–Crippen LogP) is 0.473. The standard InChI is InChI=1S/C8H9N5O/c1-13(8(9)14)7-5-2-3-10-6(5)11-4-12-7/h2-4H,1H3,(H2,9,14)(H,10,11,12). The van der Waals surface area contributed by atoms with Crippen LogP contribution in [-0.2, 0) is 0 Å². The summed E-state index contributed by atoms with van der Waals surface area (Å²) in [7, 11) is 1.57. The number of carbonyl (C=O) groups excluding carboxylic acids is 1. The van der Waals surface area contributed by atoms with E-state index in [1.54, 1.807) is 19.3 Å². The molecule has 3 N–H and O–H groups in total. The molecule has 0 unspecified atom stereocenters.